The van der Waals surface area contributed by atoms with Gasteiger partial charge in [-0.25, -0.2) is 0 Å². The first-order valence-electron chi connectivity index (χ1n) is 8.76. The molecule has 1 atom stereocenters. The van der Waals surface area contributed by atoms with Crippen molar-refractivity contribution in [3.63, 3.8) is 0 Å². The molecule has 1 unspecified atom stereocenters. The largest absolute Gasteiger partial charge is 0.0726 e. The second-order valence-corrected chi connectivity index (χ2v) is 6.59. The predicted molar refractivity (Wildman–Crippen MR) is 106 cm³/mol. The molecule has 0 radical (unpaired) electrons. The Kier molecular flexibility index (Phi) is 3.28. The van der Waals surface area contributed by atoms with E-state index in [4.69, 9.17) is 0 Å². The lowest BCUT2D eigenvalue weighted by molar-refractivity contribution is 1.04. The van der Waals surface area contributed by atoms with Crippen LogP contribution >= 0.6 is 0 Å². The summed E-state index contributed by atoms with van der Waals surface area (Å²) in [6.07, 6.45) is 9.16. The molecule has 0 nitrogen and oxygen atoms in total. The maximum absolute atomic E-state index is 2.39. The normalized spacial score (nSPS) is 17.5. The first kappa shape index (κ1) is 14.2. The minimum absolute atomic E-state index is 0.331. The molecule has 2 aliphatic rings. The van der Waals surface area contributed by atoms with Gasteiger partial charge in [-0.15, -0.1) is 0 Å². The minimum Gasteiger partial charge on any atom is -0.0726 e. The molecular weight excluding hydrogens is 300 g/mol. The second kappa shape index (κ2) is 5.75. The van der Waals surface area contributed by atoms with Gasteiger partial charge >= 0.3 is 0 Å². The monoisotopic (exact) mass is 318 g/mol. The fraction of sp³-hybridized carbons (Fsp3) is 0.0400. The van der Waals surface area contributed by atoms with Crippen molar-refractivity contribution in [1.29, 1.82) is 0 Å². The van der Waals surface area contributed by atoms with Crippen molar-refractivity contribution in [2.24, 2.45) is 0 Å². The molecule has 0 saturated heterocycles. The van der Waals surface area contributed by atoms with E-state index in [-0.39, 0.29) is 0 Å². The Morgan fingerprint density at radius 2 is 1.36 bits per heavy atom. The smallest absolute Gasteiger partial charge is 0.0278 e. The number of hydrogen-bond acceptors (Lipinski definition) is 0. The van der Waals surface area contributed by atoms with Crippen LogP contribution in [0.15, 0.2) is 103 Å². The molecule has 0 aromatic heterocycles. The molecular formula is C25H18. The summed E-state index contributed by atoms with van der Waals surface area (Å²) in [6, 6.07) is 28.1. The van der Waals surface area contributed by atoms with Crippen LogP contribution in [0.4, 0.5) is 0 Å². The van der Waals surface area contributed by atoms with Gasteiger partial charge in [-0.1, -0.05) is 97.1 Å². The SMILES string of the molecule is C1=CC(c2ccccc2)C2=Cc3c(cccc3-c3ccccc3)C2=C1. The second-order valence-electron chi connectivity index (χ2n) is 6.59. The molecule has 3 aromatic rings. The summed E-state index contributed by atoms with van der Waals surface area (Å²) in [7, 11) is 0. The van der Waals surface area contributed by atoms with Crippen molar-refractivity contribution in [2.45, 2.75) is 5.92 Å². The molecule has 0 N–H and O–H groups in total. The van der Waals surface area contributed by atoms with Crippen molar-refractivity contribution in [3.05, 3.63) is 119 Å². The van der Waals surface area contributed by atoms with Crippen LogP contribution in [0, 0.1) is 0 Å². The van der Waals surface area contributed by atoms with Gasteiger partial charge in [0.2, 0.25) is 0 Å². The Labute approximate surface area is 148 Å². The van der Waals surface area contributed by atoms with Crippen LogP contribution in [-0.2, 0) is 0 Å². The predicted octanol–water partition coefficient (Wildman–Crippen LogP) is 6.49. The van der Waals surface area contributed by atoms with Gasteiger partial charge in [-0.3, -0.25) is 0 Å². The fourth-order valence-electron chi connectivity index (χ4n) is 3.97. The van der Waals surface area contributed by atoms with Crippen molar-refractivity contribution < 1.29 is 0 Å². The molecule has 0 fully saturated rings. The Morgan fingerprint density at radius 3 is 2.16 bits per heavy atom. The van der Waals surface area contributed by atoms with Crippen LogP contribution in [0.1, 0.15) is 22.6 Å². The van der Waals surface area contributed by atoms with Crippen molar-refractivity contribution >= 4 is 11.6 Å². The van der Waals surface area contributed by atoms with E-state index in [9.17, 15) is 0 Å². The number of rotatable bonds is 2. The van der Waals surface area contributed by atoms with Crippen LogP contribution in [0.5, 0.6) is 0 Å². The lowest BCUT2D eigenvalue weighted by Crippen LogP contribution is -2.02. The summed E-state index contributed by atoms with van der Waals surface area (Å²) >= 11 is 0. The van der Waals surface area contributed by atoms with Crippen LogP contribution in [-0.4, -0.2) is 0 Å². The van der Waals surface area contributed by atoms with E-state index in [2.05, 4.69) is 103 Å². The zero-order valence-electron chi connectivity index (χ0n) is 13.9. The Bertz CT molecular complexity index is 1020. The van der Waals surface area contributed by atoms with Gasteiger partial charge in [-0.05, 0) is 45.0 Å². The van der Waals surface area contributed by atoms with Gasteiger partial charge in [-0.2, -0.15) is 0 Å². The number of fused-ring (bicyclic) bond motifs is 3. The molecule has 0 heterocycles. The third kappa shape index (κ3) is 2.30. The topological polar surface area (TPSA) is 0 Å². The van der Waals surface area contributed by atoms with Crippen LogP contribution in [0.3, 0.4) is 0 Å². The molecule has 0 amide bonds. The van der Waals surface area contributed by atoms with Crippen LogP contribution in [0.25, 0.3) is 22.8 Å². The highest BCUT2D eigenvalue weighted by atomic mass is 14.3. The van der Waals surface area contributed by atoms with Gasteiger partial charge in [0.25, 0.3) is 0 Å². The molecule has 0 spiro atoms. The van der Waals surface area contributed by atoms with E-state index < -0.39 is 0 Å². The molecule has 0 aliphatic heterocycles. The Hall–Kier alpha value is -3.12. The highest BCUT2D eigenvalue weighted by molar-refractivity contribution is 6.01. The van der Waals surface area contributed by atoms with E-state index in [0.717, 1.165) is 0 Å². The van der Waals surface area contributed by atoms with E-state index in [0.29, 0.717) is 5.92 Å². The highest BCUT2D eigenvalue weighted by Crippen LogP contribution is 2.47. The van der Waals surface area contributed by atoms with Crippen molar-refractivity contribution in [2.75, 3.05) is 0 Å². The lowest BCUT2D eigenvalue weighted by Gasteiger charge is -2.20. The number of hydrogen-bond donors (Lipinski definition) is 0. The summed E-state index contributed by atoms with van der Waals surface area (Å²) in [5.41, 5.74) is 9.41. The molecule has 0 saturated carbocycles. The van der Waals surface area contributed by atoms with Crippen LogP contribution in [0.2, 0.25) is 0 Å². The lowest BCUT2D eigenvalue weighted by atomic mass is 9.84. The van der Waals surface area contributed by atoms with Gasteiger partial charge in [0.15, 0.2) is 0 Å². The molecule has 0 bridgehead atoms. The molecule has 0 heteroatoms. The Balaban J connectivity index is 1.67. The molecule has 118 valence electrons. The summed E-state index contributed by atoms with van der Waals surface area (Å²) in [6.45, 7) is 0. The van der Waals surface area contributed by atoms with Gasteiger partial charge in [0.05, 0.1) is 0 Å². The van der Waals surface area contributed by atoms with E-state index in [1.54, 1.807) is 0 Å². The van der Waals surface area contributed by atoms with Crippen molar-refractivity contribution in [3.8, 4) is 11.1 Å². The fourth-order valence-corrected chi connectivity index (χ4v) is 3.97. The maximum atomic E-state index is 2.39. The number of allylic oxidation sites excluding steroid dienone is 5. The summed E-state index contributed by atoms with van der Waals surface area (Å²) in [4.78, 5) is 0. The quantitative estimate of drug-likeness (QED) is 0.507. The zero-order chi connectivity index (χ0) is 16.6. The van der Waals surface area contributed by atoms with Gasteiger partial charge in [0.1, 0.15) is 0 Å². The first-order chi connectivity index (χ1) is 12.4. The average molecular weight is 318 g/mol. The average Bonchev–Trinajstić information content (AvgIpc) is 3.08. The van der Waals surface area contributed by atoms with Gasteiger partial charge < -0.3 is 0 Å². The molecule has 2 aliphatic carbocycles. The summed E-state index contributed by atoms with van der Waals surface area (Å²) in [5, 5.41) is 0. The Morgan fingerprint density at radius 1 is 0.640 bits per heavy atom. The summed E-state index contributed by atoms with van der Waals surface area (Å²) < 4.78 is 0. The number of benzene rings is 3. The van der Waals surface area contributed by atoms with E-state index >= 15 is 0 Å². The third-order valence-corrected chi connectivity index (χ3v) is 5.15. The summed E-state index contributed by atoms with van der Waals surface area (Å²) in [5.74, 6) is 0.331. The minimum atomic E-state index is 0.331. The highest BCUT2D eigenvalue weighted by Gasteiger charge is 2.28. The van der Waals surface area contributed by atoms with E-state index in [1.807, 2.05) is 0 Å². The van der Waals surface area contributed by atoms with E-state index in [1.165, 1.54) is 39.0 Å². The first-order valence-corrected chi connectivity index (χ1v) is 8.76. The van der Waals surface area contributed by atoms with Crippen LogP contribution < -0.4 is 0 Å². The standard InChI is InChI=1S/C25H18/c1-3-9-18(10-4-1)20-13-7-15-22-23-16-8-14-21(25(23)17-24(20)22)19-11-5-2-6-12-19/h1-17,20H. The van der Waals surface area contributed by atoms with Gasteiger partial charge in [0, 0.05) is 5.92 Å². The maximum Gasteiger partial charge on any atom is 0.0278 e. The third-order valence-electron chi connectivity index (χ3n) is 5.15. The van der Waals surface area contributed by atoms with Crippen molar-refractivity contribution in [1.82, 2.24) is 0 Å². The molecule has 25 heavy (non-hydrogen) atoms. The molecule has 5 rings (SSSR count). The zero-order valence-corrected chi connectivity index (χ0v) is 13.9. The molecule has 3 aromatic carbocycles.